The van der Waals surface area contributed by atoms with E-state index >= 15 is 0 Å². The van der Waals surface area contributed by atoms with Crippen molar-refractivity contribution in [1.82, 2.24) is 4.57 Å². The van der Waals surface area contributed by atoms with E-state index in [-0.39, 0.29) is 11.9 Å². The minimum atomic E-state index is -0.822. The maximum absolute atomic E-state index is 13.4. The van der Waals surface area contributed by atoms with Crippen LogP contribution < -0.4 is 0 Å². The van der Waals surface area contributed by atoms with Gasteiger partial charge in [0.25, 0.3) is 0 Å². The first-order chi connectivity index (χ1) is 13.3. The van der Waals surface area contributed by atoms with Crippen LogP contribution in [0.3, 0.4) is 0 Å². The summed E-state index contributed by atoms with van der Waals surface area (Å²) < 4.78 is 21.9. The van der Waals surface area contributed by atoms with Crippen LogP contribution in [0.5, 0.6) is 0 Å². The van der Waals surface area contributed by atoms with Gasteiger partial charge in [-0.15, -0.1) is 0 Å². The summed E-state index contributed by atoms with van der Waals surface area (Å²) >= 11 is 0. The molecule has 28 heavy (non-hydrogen) atoms. The Morgan fingerprint density at radius 1 is 1.21 bits per heavy atom. The maximum Gasteiger partial charge on any atom is 0.310 e. The van der Waals surface area contributed by atoms with Crippen LogP contribution in [0.4, 0.5) is 4.39 Å². The Labute approximate surface area is 166 Å². The highest BCUT2D eigenvalue weighted by Crippen LogP contribution is 2.69. The Balaban J connectivity index is 1.97. The summed E-state index contributed by atoms with van der Waals surface area (Å²) in [6.45, 7) is 6.63. The quantitative estimate of drug-likeness (QED) is 0.577. The van der Waals surface area contributed by atoms with Crippen molar-refractivity contribution in [3.05, 3.63) is 60.2 Å². The third-order valence-corrected chi connectivity index (χ3v) is 6.23. The minimum Gasteiger partial charge on any atom is -0.481 e. The van der Waals surface area contributed by atoms with Gasteiger partial charge in [-0.25, -0.2) is 4.39 Å². The van der Waals surface area contributed by atoms with Gasteiger partial charge in [-0.1, -0.05) is 45.7 Å². The number of unbranched alkanes of at least 4 members (excludes halogenated alkanes) is 2. The lowest BCUT2D eigenvalue weighted by atomic mass is 9.93. The first-order valence-electron chi connectivity index (χ1n) is 10.1. The van der Waals surface area contributed by atoms with E-state index in [1.807, 2.05) is 42.9 Å². The van der Waals surface area contributed by atoms with E-state index < -0.39 is 22.9 Å². The van der Waals surface area contributed by atoms with E-state index in [4.69, 9.17) is 4.74 Å². The van der Waals surface area contributed by atoms with Gasteiger partial charge in [0.2, 0.25) is 0 Å². The van der Waals surface area contributed by atoms with Crippen molar-refractivity contribution >= 4 is 5.97 Å². The molecule has 0 aliphatic heterocycles. The van der Waals surface area contributed by atoms with Gasteiger partial charge in [-0.05, 0) is 42.7 Å². The molecule has 2 aromatic rings. The third kappa shape index (κ3) is 3.60. The average molecular weight is 387 g/mol. The SMILES string of the molecule is CCCCCOC1(C(Cc2ccc(F)cc2)n2cccc2)C(C(=O)O)C1(C)C. The molecule has 1 aromatic heterocycles. The predicted molar refractivity (Wildman–Crippen MR) is 107 cm³/mol. The standard InChI is InChI=1S/C23H30FNO3/c1-4-5-8-15-28-23(20(21(26)27)22(23,2)3)19(25-13-6-7-14-25)16-17-9-11-18(24)12-10-17/h6-7,9-14,19-20H,4-5,8,15-16H2,1-3H3,(H,26,27). The average Bonchev–Trinajstić information content (AvgIpc) is 2.98. The molecule has 1 aliphatic rings. The lowest BCUT2D eigenvalue weighted by Gasteiger charge is -2.32. The van der Waals surface area contributed by atoms with Crippen molar-refractivity contribution in [3.8, 4) is 0 Å². The molecule has 0 amide bonds. The van der Waals surface area contributed by atoms with Gasteiger partial charge in [0.1, 0.15) is 11.4 Å². The minimum absolute atomic E-state index is 0.189. The molecular formula is C23H30FNO3. The van der Waals surface area contributed by atoms with Gasteiger partial charge in [0.15, 0.2) is 0 Å². The van der Waals surface area contributed by atoms with Crippen molar-refractivity contribution in [1.29, 1.82) is 0 Å². The molecule has 1 heterocycles. The summed E-state index contributed by atoms with van der Waals surface area (Å²) in [5, 5.41) is 9.94. The fourth-order valence-electron chi connectivity index (χ4n) is 4.71. The molecule has 1 fully saturated rings. The molecule has 0 spiro atoms. The van der Waals surface area contributed by atoms with Crippen LogP contribution in [0.1, 0.15) is 51.6 Å². The first kappa shape index (κ1) is 20.6. The molecule has 3 rings (SSSR count). The van der Waals surface area contributed by atoms with Crippen LogP contribution in [0.15, 0.2) is 48.8 Å². The highest BCUT2D eigenvalue weighted by atomic mass is 19.1. The van der Waals surface area contributed by atoms with Crippen molar-refractivity contribution in [2.75, 3.05) is 6.61 Å². The summed E-state index contributed by atoms with van der Waals surface area (Å²) in [5.74, 6) is -1.69. The third-order valence-electron chi connectivity index (χ3n) is 6.23. The number of carbonyl (C=O) groups is 1. The predicted octanol–water partition coefficient (Wildman–Crippen LogP) is 5.10. The van der Waals surface area contributed by atoms with Crippen molar-refractivity contribution in [2.45, 2.75) is 58.1 Å². The number of carboxylic acids is 1. The van der Waals surface area contributed by atoms with Crippen molar-refractivity contribution in [3.63, 3.8) is 0 Å². The highest BCUT2D eigenvalue weighted by Gasteiger charge is 2.79. The topological polar surface area (TPSA) is 51.5 Å². The smallest absolute Gasteiger partial charge is 0.310 e. The van der Waals surface area contributed by atoms with Gasteiger partial charge in [-0.2, -0.15) is 0 Å². The number of rotatable bonds is 10. The Kier molecular flexibility index (Phi) is 5.94. The van der Waals surface area contributed by atoms with Crippen LogP contribution >= 0.6 is 0 Å². The molecule has 3 atom stereocenters. The summed E-state index contributed by atoms with van der Waals surface area (Å²) in [5.41, 5.74) is -0.344. The van der Waals surface area contributed by atoms with Crippen LogP contribution in [0.25, 0.3) is 0 Å². The summed E-state index contributed by atoms with van der Waals surface area (Å²) in [4.78, 5) is 12.1. The Hall–Kier alpha value is -2.14. The number of aliphatic carboxylic acids is 1. The molecule has 1 aromatic carbocycles. The lowest BCUT2D eigenvalue weighted by molar-refractivity contribution is -0.142. The van der Waals surface area contributed by atoms with E-state index in [0.717, 1.165) is 24.8 Å². The molecule has 4 nitrogen and oxygen atoms in total. The zero-order valence-electron chi connectivity index (χ0n) is 16.9. The van der Waals surface area contributed by atoms with Crippen molar-refractivity contribution < 1.29 is 19.0 Å². The second kappa shape index (κ2) is 8.08. The molecule has 0 saturated heterocycles. The Morgan fingerprint density at radius 2 is 1.86 bits per heavy atom. The number of nitrogens with zero attached hydrogens (tertiary/aromatic N) is 1. The normalized spacial score (nSPS) is 24.1. The fraction of sp³-hybridized carbons (Fsp3) is 0.522. The van der Waals surface area contributed by atoms with Crippen LogP contribution in [-0.4, -0.2) is 27.9 Å². The summed E-state index contributed by atoms with van der Waals surface area (Å²) in [7, 11) is 0. The molecule has 0 radical (unpaired) electrons. The largest absolute Gasteiger partial charge is 0.481 e. The molecular weight excluding hydrogens is 357 g/mol. The van der Waals surface area contributed by atoms with E-state index in [9.17, 15) is 14.3 Å². The van der Waals surface area contributed by atoms with E-state index in [1.54, 1.807) is 12.1 Å². The van der Waals surface area contributed by atoms with Crippen LogP contribution in [0, 0.1) is 17.2 Å². The molecule has 0 bridgehead atoms. The van der Waals surface area contributed by atoms with Gasteiger partial charge in [0.05, 0.1) is 12.0 Å². The highest BCUT2D eigenvalue weighted by molar-refractivity contribution is 5.78. The first-order valence-corrected chi connectivity index (χ1v) is 10.1. The molecule has 1 aliphatic carbocycles. The summed E-state index contributed by atoms with van der Waals surface area (Å²) in [6.07, 6.45) is 7.54. The second-order valence-electron chi connectivity index (χ2n) is 8.32. The molecule has 152 valence electrons. The van der Waals surface area contributed by atoms with E-state index in [0.29, 0.717) is 13.0 Å². The number of halogens is 1. The Morgan fingerprint density at radius 3 is 2.39 bits per heavy atom. The number of ether oxygens (including phenoxy) is 1. The van der Waals surface area contributed by atoms with Gasteiger partial charge in [0, 0.05) is 24.4 Å². The van der Waals surface area contributed by atoms with E-state index in [1.165, 1.54) is 12.1 Å². The van der Waals surface area contributed by atoms with Crippen LogP contribution in [-0.2, 0) is 16.0 Å². The maximum atomic E-state index is 13.4. The van der Waals surface area contributed by atoms with Gasteiger partial charge >= 0.3 is 5.97 Å². The summed E-state index contributed by atoms with van der Waals surface area (Å²) in [6, 6.07) is 10.1. The molecule has 5 heteroatoms. The number of hydrogen-bond donors (Lipinski definition) is 1. The molecule has 1 N–H and O–H groups in total. The number of aromatic nitrogens is 1. The Bertz CT molecular complexity index is 785. The zero-order chi connectivity index (χ0) is 20.4. The van der Waals surface area contributed by atoms with Crippen LogP contribution in [0.2, 0.25) is 0 Å². The second-order valence-corrected chi connectivity index (χ2v) is 8.32. The lowest BCUT2D eigenvalue weighted by Crippen LogP contribution is -2.36. The van der Waals surface area contributed by atoms with Gasteiger partial charge < -0.3 is 14.4 Å². The number of benzene rings is 1. The van der Waals surface area contributed by atoms with Crippen molar-refractivity contribution in [2.24, 2.45) is 11.3 Å². The fourth-order valence-corrected chi connectivity index (χ4v) is 4.71. The monoisotopic (exact) mass is 387 g/mol. The zero-order valence-corrected chi connectivity index (χ0v) is 16.9. The van der Waals surface area contributed by atoms with E-state index in [2.05, 4.69) is 6.92 Å². The number of hydrogen-bond acceptors (Lipinski definition) is 2. The molecule has 1 saturated carbocycles. The van der Waals surface area contributed by atoms with Gasteiger partial charge in [-0.3, -0.25) is 4.79 Å². The molecule has 3 unspecified atom stereocenters. The number of carboxylic acid groups (broad SMARTS) is 1.